The Bertz CT molecular complexity index is 903. The first-order valence-electron chi connectivity index (χ1n) is 7.20. The van der Waals surface area contributed by atoms with Gasteiger partial charge < -0.3 is 0 Å². The van der Waals surface area contributed by atoms with E-state index in [1.54, 1.807) is 0 Å². The molecule has 4 aromatic rings. The maximum Gasteiger partial charge on any atom is 0.154 e. The van der Waals surface area contributed by atoms with Gasteiger partial charge in [0.05, 0.1) is 0 Å². The second kappa shape index (κ2) is 4.38. The topological polar surface area (TPSA) is 0 Å². The molecule has 20 heavy (non-hydrogen) atoms. The summed E-state index contributed by atoms with van der Waals surface area (Å²) in [6.07, 6.45) is 0. The lowest BCUT2D eigenvalue weighted by Crippen LogP contribution is -2.09. The maximum absolute atomic E-state index is 2.35. The van der Waals surface area contributed by atoms with Crippen molar-refractivity contribution in [3.63, 3.8) is 0 Å². The Morgan fingerprint density at radius 2 is 1.00 bits per heavy atom. The van der Waals surface area contributed by atoms with Gasteiger partial charge in [-0.15, -0.1) is 0 Å². The van der Waals surface area contributed by atoms with Crippen LogP contribution in [0.5, 0.6) is 0 Å². The van der Waals surface area contributed by atoms with Crippen molar-refractivity contribution < 1.29 is 0 Å². The van der Waals surface area contributed by atoms with Crippen LogP contribution in [0.4, 0.5) is 0 Å². The van der Waals surface area contributed by atoms with E-state index < -0.39 is 0 Å². The van der Waals surface area contributed by atoms with Gasteiger partial charge in [-0.1, -0.05) is 79.0 Å². The zero-order valence-corrected chi connectivity index (χ0v) is 11.6. The van der Waals surface area contributed by atoms with E-state index in [1.165, 1.54) is 37.8 Å². The highest BCUT2D eigenvalue weighted by molar-refractivity contribution is 6.52. The van der Waals surface area contributed by atoms with Crippen LogP contribution in [0.3, 0.4) is 0 Å². The van der Waals surface area contributed by atoms with Gasteiger partial charge in [-0.3, -0.25) is 0 Å². The molecule has 0 unspecified atom stereocenters. The molecule has 0 heterocycles. The highest BCUT2D eigenvalue weighted by Gasteiger charge is 2.07. The molecule has 0 aliphatic carbocycles. The second-order valence-electron chi connectivity index (χ2n) is 5.32. The van der Waals surface area contributed by atoms with Crippen LogP contribution in [0.2, 0.25) is 6.82 Å². The number of rotatable bonds is 1. The quantitative estimate of drug-likeness (QED) is 0.352. The van der Waals surface area contributed by atoms with Gasteiger partial charge in [-0.2, -0.15) is 0 Å². The van der Waals surface area contributed by atoms with Crippen molar-refractivity contribution in [1.82, 2.24) is 0 Å². The van der Waals surface area contributed by atoms with E-state index in [0.29, 0.717) is 0 Å². The lowest BCUT2D eigenvalue weighted by molar-refractivity contribution is 1.78. The third-order valence-electron chi connectivity index (χ3n) is 4.22. The summed E-state index contributed by atoms with van der Waals surface area (Å²) in [5, 5.41) is 8.14. The van der Waals surface area contributed by atoms with Crippen molar-refractivity contribution >= 4 is 45.1 Å². The van der Waals surface area contributed by atoms with Crippen LogP contribution in [-0.2, 0) is 0 Å². The number of hydrogen-bond acceptors (Lipinski definition) is 0. The molecular weight excluding hydrogens is 239 g/mol. The van der Waals surface area contributed by atoms with E-state index in [4.69, 9.17) is 0 Å². The molecule has 0 aliphatic rings. The predicted octanol–water partition coefficient (Wildman–Crippen LogP) is 4.26. The molecule has 4 rings (SSSR count). The molecule has 1 heteroatoms. The average molecular weight is 254 g/mol. The minimum Gasteiger partial charge on any atom is -0.0849 e. The molecule has 0 bridgehead atoms. The minimum absolute atomic E-state index is 1.08. The molecule has 0 nitrogen and oxygen atoms in total. The Balaban J connectivity index is 2.35. The molecule has 0 atom stereocenters. The maximum atomic E-state index is 2.35. The van der Waals surface area contributed by atoms with E-state index in [1.807, 2.05) is 0 Å². The Kier molecular flexibility index (Phi) is 2.53. The minimum atomic E-state index is 1.08. The van der Waals surface area contributed by atoms with Gasteiger partial charge in [0.1, 0.15) is 0 Å². The van der Waals surface area contributed by atoms with Crippen molar-refractivity contribution in [1.29, 1.82) is 0 Å². The van der Waals surface area contributed by atoms with Gasteiger partial charge in [0.2, 0.25) is 0 Å². The third-order valence-corrected chi connectivity index (χ3v) is 4.22. The molecular formula is C19H15B. The molecule has 0 aromatic heterocycles. The van der Waals surface area contributed by atoms with Gasteiger partial charge in [-0.05, 0) is 32.3 Å². The monoisotopic (exact) mass is 254 g/mol. The molecule has 0 saturated carbocycles. The Morgan fingerprint density at radius 1 is 0.550 bits per heavy atom. The summed E-state index contributed by atoms with van der Waals surface area (Å²) in [5.41, 5.74) is 1.40. The Hall–Kier alpha value is -2.28. The lowest BCUT2D eigenvalue weighted by atomic mass is 9.72. The van der Waals surface area contributed by atoms with Crippen LogP contribution in [0.25, 0.3) is 32.3 Å². The number of hydrogen-bond donors (Lipinski definition) is 0. The highest BCUT2D eigenvalue weighted by atomic mass is 14.1. The molecule has 0 N–H and O–H groups in total. The van der Waals surface area contributed by atoms with E-state index in [9.17, 15) is 0 Å². The van der Waals surface area contributed by atoms with E-state index >= 15 is 0 Å². The standard InChI is InChI=1S/C19H15B/c1-20-13-10-11-18-16-8-3-2-6-14(16)15-7-4-5-9-17(15)19(18)12-13/h2-12,20H,1H3. The van der Waals surface area contributed by atoms with E-state index in [-0.39, 0.29) is 0 Å². The van der Waals surface area contributed by atoms with Crippen molar-refractivity contribution in [2.45, 2.75) is 6.82 Å². The second-order valence-corrected chi connectivity index (χ2v) is 5.32. The molecule has 0 amide bonds. The Morgan fingerprint density at radius 3 is 1.50 bits per heavy atom. The third kappa shape index (κ3) is 1.56. The normalized spacial score (nSPS) is 11.2. The summed E-state index contributed by atoms with van der Waals surface area (Å²) < 4.78 is 0. The van der Waals surface area contributed by atoms with Crippen LogP contribution >= 0.6 is 0 Å². The van der Waals surface area contributed by atoms with Crippen molar-refractivity contribution in [2.24, 2.45) is 0 Å². The van der Waals surface area contributed by atoms with Crippen molar-refractivity contribution in [2.75, 3.05) is 0 Å². The number of benzene rings is 4. The van der Waals surface area contributed by atoms with Gasteiger partial charge in [0.25, 0.3) is 0 Å². The molecule has 0 spiro atoms. The molecule has 94 valence electrons. The first-order valence-corrected chi connectivity index (χ1v) is 7.20. The molecule has 0 aliphatic heterocycles. The molecule has 0 saturated heterocycles. The van der Waals surface area contributed by atoms with E-state index in [0.717, 1.165) is 7.28 Å². The van der Waals surface area contributed by atoms with Crippen LogP contribution in [-0.4, -0.2) is 7.28 Å². The van der Waals surface area contributed by atoms with Crippen molar-refractivity contribution in [3.05, 3.63) is 66.7 Å². The van der Waals surface area contributed by atoms with Crippen LogP contribution in [0.1, 0.15) is 0 Å². The van der Waals surface area contributed by atoms with Crippen LogP contribution in [0.15, 0.2) is 66.7 Å². The van der Waals surface area contributed by atoms with E-state index in [2.05, 4.69) is 73.6 Å². The predicted molar refractivity (Wildman–Crippen MR) is 91.6 cm³/mol. The molecule has 0 fully saturated rings. The average Bonchev–Trinajstić information content (AvgIpc) is 2.54. The fraction of sp³-hybridized carbons (Fsp3) is 0.0526. The largest absolute Gasteiger partial charge is 0.154 e. The fourth-order valence-corrected chi connectivity index (χ4v) is 3.17. The molecule has 0 radical (unpaired) electrons. The fourth-order valence-electron chi connectivity index (χ4n) is 3.17. The Labute approximate surface area is 119 Å². The van der Waals surface area contributed by atoms with Crippen molar-refractivity contribution in [3.8, 4) is 0 Å². The van der Waals surface area contributed by atoms with Crippen LogP contribution in [0, 0.1) is 0 Å². The summed E-state index contributed by atoms with van der Waals surface area (Å²) in [6.45, 7) is 2.21. The van der Waals surface area contributed by atoms with Gasteiger partial charge in [0, 0.05) is 0 Å². The summed E-state index contributed by atoms with van der Waals surface area (Å²) in [7, 11) is 1.08. The number of fused-ring (bicyclic) bond motifs is 6. The van der Waals surface area contributed by atoms with Gasteiger partial charge in [-0.25, -0.2) is 0 Å². The van der Waals surface area contributed by atoms with Crippen LogP contribution < -0.4 is 5.46 Å². The summed E-state index contributed by atoms with van der Waals surface area (Å²) in [6, 6.07) is 24.3. The lowest BCUT2D eigenvalue weighted by Gasteiger charge is -2.11. The van der Waals surface area contributed by atoms with Gasteiger partial charge in [0.15, 0.2) is 7.28 Å². The smallest absolute Gasteiger partial charge is 0.0849 e. The summed E-state index contributed by atoms with van der Waals surface area (Å²) in [5.74, 6) is 0. The SMILES string of the molecule is CBc1ccc2c3ccccc3c3ccccc3c2c1. The zero-order valence-electron chi connectivity index (χ0n) is 11.6. The van der Waals surface area contributed by atoms with Gasteiger partial charge >= 0.3 is 0 Å². The first kappa shape index (κ1) is 11.5. The summed E-state index contributed by atoms with van der Waals surface area (Å²) in [4.78, 5) is 0. The highest BCUT2D eigenvalue weighted by Crippen LogP contribution is 2.34. The molecule has 4 aromatic carbocycles. The summed E-state index contributed by atoms with van der Waals surface area (Å²) >= 11 is 0. The first-order chi connectivity index (χ1) is 9.88. The zero-order chi connectivity index (χ0) is 13.5.